The number of hydrogen-bond acceptors (Lipinski definition) is 9. The van der Waals surface area contributed by atoms with E-state index in [1.807, 2.05) is 6.92 Å². The molecule has 0 amide bonds. The fourth-order valence-corrected chi connectivity index (χ4v) is 8.13. The van der Waals surface area contributed by atoms with Gasteiger partial charge >= 0.3 is 0 Å². The van der Waals surface area contributed by atoms with Crippen molar-refractivity contribution in [3.05, 3.63) is 41.0 Å². The number of nitrogen functional groups attached to an aromatic ring is 1. The van der Waals surface area contributed by atoms with Crippen molar-refractivity contribution in [2.75, 3.05) is 35.6 Å². The molecule has 7 rings (SSSR count). The highest BCUT2D eigenvalue weighted by Crippen LogP contribution is 2.47. The summed E-state index contributed by atoms with van der Waals surface area (Å²) in [6, 6.07) is 7.91. The first-order chi connectivity index (χ1) is 18.4. The average molecular weight is 530 g/mol. The number of nitrogens with one attached hydrogen (secondary N) is 1. The lowest BCUT2D eigenvalue weighted by molar-refractivity contribution is 0.0901. The van der Waals surface area contributed by atoms with Crippen LogP contribution in [0.1, 0.15) is 43.7 Å². The lowest BCUT2D eigenvalue weighted by atomic mass is 9.92. The quantitative estimate of drug-likeness (QED) is 0.376. The Morgan fingerprint density at radius 3 is 2.74 bits per heavy atom. The number of hydrogen-bond donors (Lipinski definition) is 2. The van der Waals surface area contributed by atoms with Crippen molar-refractivity contribution in [2.45, 2.75) is 58.5 Å². The van der Waals surface area contributed by atoms with Crippen LogP contribution in [0.2, 0.25) is 0 Å². The molecule has 1 aromatic carbocycles. The molecular weight excluding hydrogens is 494 g/mol. The Morgan fingerprint density at radius 2 is 1.97 bits per heavy atom. The van der Waals surface area contributed by atoms with E-state index in [1.165, 1.54) is 36.9 Å². The van der Waals surface area contributed by atoms with E-state index in [1.54, 1.807) is 22.3 Å². The fraction of sp³-hybridized carbons (Fsp3) is 0.500. The molecule has 9 nitrogen and oxygen atoms in total. The third-order valence-corrected chi connectivity index (χ3v) is 10.0. The first kappa shape index (κ1) is 23.8. The number of fused-ring (bicyclic) bond motifs is 3. The van der Waals surface area contributed by atoms with E-state index in [4.69, 9.17) is 5.73 Å². The highest BCUT2D eigenvalue weighted by atomic mass is 32.1. The van der Waals surface area contributed by atoms with Gasteiger partial charge in [-0.15, -0.1) is 16.4 Å². The molecule has 2 bridgehead atoms. The van der Waals surface area contributed by atoms with Crippen molar-refractivity contribution in [3.63, 3.8) is 0 Å². The number of anilines is 4. The Kier molecular flexibility index (Phi) is 5.77. The smallest absolute Gasteiger partial charge is 0.248 e. The highest BCUT2D eigenvalue weighted by Gasteiger charge is 2.44. The number of rotatable bonds is 5. The molecule has 38 heavy (non-hydrogen) atoms. The molecule has 3 fully saturated rings. The molecule has 4 heterocycles. The van der Waals surface area contributed by atoms with E-state index < -0.39 is 0 Å². The Morgan fingerprint density at radius 1 is 1.08 bits per heavy atom. The summed E-state index contributed by atoms with van der Waals surface area (Å²) in [6.45, 7) is 9.97. The number of benzene rings is 1. The maximum atomic E-state index is 6.25. The third-order valence-electron chi connectivity index (χ3n) is 8.94. The number of thiophene rings is 1. The SMILES string of the molecule is Cc1cc(Nc2nc(N)n(-c3ncnc4c(C)csc34)n2)ccc1N1CCN([C@H]2C[C@@H]3CC[C@H]2C3)[C@@H](C)C1. The predicted octanol–water partition coefficient (Wildman–Crippen LogP) is 4.91. The second-order valence-electron chi connectivity index (χ2n) is 11.4. The fourth-order valence-electron chi connectivity index (χ4n) is 7.16. The molecule has 1 aliphatic heterocycles. The summed E-state index contributed by atoms with van der Waals surface area (Å²) >= 11 is 1.59. The second-order valence-corrected chi connectivity index (χ2v) is 12.3. The first-order valence-corrected chi connectivity index (χ1v) is 14.6. The number of nitrogens with zero attached hydrogens (tertiary/aromatic N) is 7. The van der Waals surface area contributed by atoms with Crippen LogP contribution in [0.5, 0.6) is 0 Å². The van der Waals surface area contributed by atoms with Crippen molar-refractivity contribution in [2.24, 2.45) is 11.8 Å². The number of nitrogens with two attached hydrogens (primary N) is 1. The summed E-state index contributed by atoms with van der Waals surface area (Å²) in [4.78, 5) is 18.7. The molecule has 0 spiro atoms. The van der Waals surface area contributed by atoms with Crippen LogP contribution in [-0.4, -0.2) is 61.4 Å². The van der Waals surface area contributed by atoms with Crippen molar-refractivity contribution < 1.29 is 0 Å². The highest BCUT2D eigenvalue weighted by molar-refractivity contribution is 7.17. The minimum atomic E-state index is 0.286. The zero-order valence-electron chi connectivity index (χ0n) is 22.3. The van der Waals surface area contributed by atoms with Crippen LogP contribution in [0.25, 0.3) is 16.0 Å². The van der Waals surface area contributed by atoms with Gasteiger partial charge in [-0.3, -0.25) is 4.90 Å². The van der Waals surface area contributed by atoms with Crippen LogP contribution >= 0.6 is 11.3 Å². The Balaban J connectivity index is 1.06. The number of aryl methyl sites for hydroxylation is 2. The van der Waals surface area contributed by atoms with Gasteiger partial charge in [-0.05, 0) is 86.6 Å². The normalized spacial score (nSPS) is 25.5. The molecule has 2 saturated carbocycles. The molecule has 10 heteroatoms. The van der Waals surface area contributed by atoms with Gasteiger partial charge in [0.25, 0.3) is 0 Å². The molecule has 198 valence electrons. The second kappa shape index (κ2) is 9.20. The van der Waals surface area contributed by atoms with E-state index in [0.29, 0.717) is 17.8 Å². The molecular formula is C28H35N9S. The standard InChI is InChI=1S/C28H35N9S/c1-16-10-21(32-28-33-27(29)37(34-28)26-25-24(30-15-31-26)17(2)14-38-25)6-7-22(16)35-8-9-36(18(3)13-35)23-12-19-4-5-20(23)11-19/h6-7,10,14-15,18-20,23H,4-5,8-9,11-13H2,1-3H3,(H3,29,32,33,34)/t18-,19+,20-,23-/m0/s1. The van der Waals surface area contributed by atoms with Gasteiger partial charge in [0.2, 0.25) is 11.9 Å². The number of piperazine rings is 1. The Bertz CT molecular complexity index is 1490. The van der Waals surface area contributed by atoms with Gasteiger partial charge in [-0.1, -0.05) is 6.42 Å². The van der Waals surface area contributed by atoms with Crippen LogP contribution in [0.4, 0.5) is 23.3 Å². The van der Waals surface area contributed by atoms with E-state index >= 15 is 0 Å². The van der Waals surface area contributed by atoms with Gasteiger partial charge < -0.3 is 16.0 Å². The van der Waals surface area contributed by atoms with Crippen LogP contribution in [-0.2, 0) is 0 Å². The van der Waals surface area contributed by atoms with Crippen molar-refractivity contribution in [1.82, 2.24) is 29.6 Å². The summed E-state index contributed by atoms with van der Waals surface area (Å²) in [5, 5.41) is 10.0. The van der Waals surface area contributed by atoms with E-state index in [0.717, 1.165) is 59.0 Å². The maximum Gasteiger partial charge on any atom is 0.248 e. The molecule has 0 unspecified atom stereocenters. The first-order valence-electron chi connectivity index (χ1n) is 13.7. The lowest BCUT2D eigenvalue weighted by Crippen LogP contribution is -2.56. The van der Waals surface area contributed by atoms with Gasteiger partial charge in [-0.2, -0.15) is 9.67 Å². The molecule has 3 N–H and O–H groups in total. The lowest BCUT2D eigenvalue weighted by Gasteiger charge is -2.46. The third kappa shape index (κ3) is 4.01. The topological polar surface area (TPSA) is 101 Å². The van der Waals surface area contributed by atoms with Gasteiger partial charge in [-0.25, -0.2) is 9.97 Å². The van der Waals surface area contributed by atoms with Crippen LogP contribution in [0.3, 0.4) is 0 Å². The van der Waals surface area contributed by atoms with Crippen LogP contribution < -0.4 is 16.0 Å². The summed E-state index contributed by atoms with van der Waals surface area (Å²) in [7, 11) is 0. The van der Waals surface area contributed by atoms with E-state index in [9.17, 15) is 0 Å². The predicted molar refractivity (Wildman–Crippen MR) is 154 cm³/mol. The zero-order chi connectivity index (χ0) is 26.0. The molecule has 3 aliphatic rings. The largest absolute Gasteiger partial charge is 0.368 e. The van der Waals surface area contributed by atoms with Crippen molar-refractivity contribution >= 4 is 44.8 Å². The molecule has 3 aromatic heterocycles. The average Bonchev–Trinajstić information content (AvgIpc) is 3.69. The van der Waals surface area contributed by atoms with Crippen LogP contribution in [0.15, 0.2) is 29.9 Å². The van der Waals surface area contributed by atoms with Gasteiger partial charge in [0, 0.05) is 43.1 Å². The molecule has 4 aromatic rings. The van der Waals surface area contributed by atoms with Crippen molar-refractivity contribution in [1.29, 1.82) is 0 Å². The van der Waals surface area contributed by atoms with Gasteiger partial charge in [0.15, 0.2) is 5.82 Å². The minimum Gasteiger partial charge on any atom is -0.368 e. The van der Waals surface area contributed by atoms with E-state index in [2.05, 4.69) is 72.6 Å². The van der Waals surface area contributed by atoms with Crippen LogP contribution in [0, 0.1) is 25.7 Å². The Labute approximate surface area is 227 Å². The molecule has 2 aliphatic carbocycles. The maximum absolute atomic E-state index is 6.25. The van der Waals surface area contributed by atoms with Gasteiger partial charge in [0.05, 0.1) is 10.2 Å². The summed E-state index contributed by atoms with van der Waals surface area (Å²) < 4.78 is 2.53. The summed E-state index contributed by atoms with van der Waals surface area (Å²) in [5.41, 5.74) is 11.8. The number of aromatic nitrogens is 5. The Hall–Kier alpha value is -3.24. The molecule has 0 radical (unpaired) electrons. The van der Waals surface area contributed by atoms with Crippen molar-refractivity contribution in [3.8, 4) is 5.82 Å². The molecule has 1 saturated heterocycles. The minimum absolute atomic E-state index is 0.286. The van der Waals surface area contributed by atoms with E-state index in [-0.39, 0.29) is 5.95 Å². The summed E-state index contributed by atoms with van der Waals surface area (Å²) in [6.07, 6.45) is 7.37. The summed E-state index contributed by atoms with van der Waals surface area (Å²) in [5.74, 6) is 3.33. The monoisotopic (exact) mass is 529 g/mol. The zero-order valence-corrected chi connectivity index (χ0v) is 23.1. The van der Waals surface area contributed by atoms with Gasteiger partial charge in [0.1, 0.15) is 6.33 Å². The molecule has 4 atom stereocenters.